The van der Waals surface area contributed by atoms with E-state index < -0.39 is 0 Å². The molecule has 2 aliphatic heterocycles. The predicted molar refractivity (Wildman–Crippen MR) is 78.7 cm³/mol. The number of fused-ring (bicyclic) bond motifs is 1. The molecular weight excluding hydrogens is 284 g/mol. The Labute approximate surface area is 128 Å². The molecule has 0 unspecified atom stereocenters. The largest absolute Gasteiger partial charge is 0.376 e. The minimum Gasteiger partial charge on any atom is -0.376 e. The van der Waals surface area contributed by atoms with Crippen molar-refractivity contribution in [2.75, 3.05) is 31.2 Å². The minimum atomic E-state index is 0.271. The molecule has 0 spiro atoms. The van der Waals surface area contributed by atoms with Crippen molar-refractivity contribution >= 4 is 11.5 Å². The highest BCUT2D eigenvalue weighted by Crippen LogP contribution is 2.21. The first-order valence-corrected chi connectivity index (χ1v) is 7.92. The zero-order valence-electron chi connectivity index (χ0n) is 12.5. The normalized spacial score (nSPS) is 25.1. The van der Waals surface area contributed by atoms with E-state index in [1.54, 1.807) is 0 Å². The summed E-state index contributed by atoms with van der Waals surface area (Å²) in [5, 5.41) is 15.9. The lowest BCUT2D eigenvalue weighted by Gasteiger charge is -2.28. The van der Waals surface area contributed by atoms with E-state index in [0.29, 0.717) is 5.65 Å². The fraction of sp³-hybridized carbons (Fsp3) is 0.714. The van der Waals surface area contributed by atoms with Crippen LogP contribution >= 0.6 is 0 Å². The summed E-state index contributed by atoms with van der Waals surface area (Å²) in [6.45, 7) is 3.39. The molecule has 8 nitrogen and oxygen atoms in total. The molecule has 0 radical (unpaired) electrons. The van der Waals surface area contributed by atoms with Gasteiger partial charge in [0.25, 0.3) is 0 Å². The number of rotatable bonds is 5. The molecule has 2 fully saturated rings. The third kappa shape index (κ3) is 2.89. The van der Waals surface area contributed by atoms with Gasteiger partial charge in [0.2, 0.25) is 0 Å². The number of aromatic nitrogens is 5. The maximum Gasteiger partial charge on any atom is 0.200 e. The number of ether oxygens (including phenoxy) is 2. The Morgan fingerprint density at radius 1 is 1.09 bits per heavy atom. The van der Waals surface area contributed by atoms with Crippen LogP contribution in [0.25, 0.3) is 5.65 Å². The summed E-state index contributed by atoms with van der Waals surface area (Å²) >= 11 is 0. The van der Waals surface area contributed by atoms with Crippen molar-refractivity contribution in [1.82, 2.24) is 25.3 Å². The zero-order valence-corrected chi connectivity index (χ0v) is 12.5. The smallest absolute Gasteiger partial charge is 0.200 e. The third-order valence-corrected chi connectivity index (χ3v) is 4.28. The van der Waals surface area contributed by atoms with Crippen LogP contribution < -0.4 is 4.90 Å². The lowest BCUT2D eigenvalue weighted by atomic mass is 10.2. The van der Waals surface area contributed by atoms with E-state index in [4.69, 9.17) is 9.47 Å². The molecule has 2 aromatic heterocycles. The highest BCUT2D eigenvalue weighted by molar-refractivity contribution is 5.44. The van der Waals surface area contributed by atoms with Crippen LogP contribution in [0.5, 0.6) is 0 Å². The van der Waals surface area contributed by atoms with Gasteiger partial charge < -0.3 is 14.4 Å². The van der Waals surface area contributed by atoms with Crippen molar-refractivity contribution in [1.29, 1.82) is 0 Å². The summed E-state index contributed by atoms with van der Waals surface area (Å²) in [5.41, 5.74) is 0.651. The second kappa shape index (κ2) is 6.13. The van der Waals surface area contributed by atoms with Gasteiger partial charge in [0, 0.05) is 26.3 Å². The Balaban J connectivity index is 1.55. The molecule has 0 aliphatic carbocycles. The lowest BCUT2D eigenvalue weighted by molar-refractivity contribution is 0.0995. The Bertz CT molecular complexity index is 603. The van der Waals surface area contributed by atoms with Gasteiger partial charge in [0.05, 0.1) is 12.2 Å². The van der Waals surface area contributed by atoms with E-state index in [9.17, 15) is 0 Å². The molecular formula is C14H20N6O2. The Morgan fingerprint density at radius 2 is 1.82 bits per heavy atom. The molecule has 2 aromatic rings. The van der Waals surface area contributed by atoms with Crippen LogP contribution in [-0.4, -0.2) is 63.8 Å². The Kier molecular flexibility index (Phi) is 3.86. The molecule has 0 aromatic carbocycles. The van der Waals surface area contributed by atoms with Gasteiger partial charge >= 0.3 is 0 Å². The molecule has 4 rings (SSSR count). The quantitative estimate of drug-likeness (QED) is 0.804. The van der Waals surface area contributed by atoms with E-state index in [1.165, 1.54) is 4.63 Å². The first-order chi connectivity index (χ1) is 10.9. The molecule has 2 aliphatic rings. The Hall–Kier alpha value is -1.80. The number of hydrogen-bond acceptors (Lipinski definition) is 7. The monoisotopic (exact) mass is 304 g/mol. The molecule has 2 atom stereocenters. The summed E-state index contributed by atoms with van der Waals surface area (Å²) in [4.78, 5) is 2.24. The fourth-order valence-electron chi connectivity index (χ4n) is 3.14. The average molecular weight is 304 g/mol. The van der Waals surface area contributed by atoms with E-state index in [2.05, 4.69) is 25.5 Å². The number of nitrogens with zero attached hydrogens (tertiary/aromatic N) is 6. The van der Waals surface area contributed by atoms with Crippen LogP contribution in [0.4, 0.5) is 5.82 Å². The number of hydrogen-bond donors (Lipinski definition) is 0. The van der Waals surface area contributed by atoms with Gasteiger partial charge in [0.1, 0.15) is 0 Å². The molecule has 0 bridgehead atoms. The summed E-state index contributed by atoms with van der Waals surface area (Å²) in [5.74, 6) is 0.866. The second-order valence-electron chi connectivity index (χ2n) is 5.89. The van der Waals surface area contributed by atoms with Crippen LogP contribution in [0.1, 0.15) is 25.7 Å². The first kappa shape index (κ1) is 13.8. The molecule has 22 heavy (non-hydrogen) atoms. The van der Waals surface area contributed by atoms with Gasteiger partial charge in [0.15, 0.2) is 11.5 Å². The lowest BCUT2D eigenvalue weighted by Crippen LogP contribution is -2.38. The zero-order chi connectivity index (χ0) is 14.8. The molecule has 4 heterocycles. The van der Waals surface area contributed by atoms with Crippen LogP contribution in [0.2, 0.25) is 0 Å². The van der Waals surface area contributed by atoms with Gasteiger partial charge in [-0.3, -0.25) is 0 Å². The van der Waals surface area contributed by atoms with Crippen LogP contribution in [0.3, 0.4) is 0 Å². The van der Waals surface area contributed by atoms with E-state index in [1.807, 2.05) is 12.1 Å². The summed E-state index contributed by atoms with van der Waals surface area (Å²) in [6, 6.07) is 3.86. The van der Waals surface area contributed by atoms with Crippen molar-refractivity contribution in [3.8, 4) is 0 Å². The number of anilines is 1. The Morgan fingerprint density at radius 3 is 2.45 bits per heavy atom. The maximum absolute atomic E-state index is 5.78. The van der Waals surface area contributed by atoms with Crippen LogP contribution in [-0.2, 0) is 9.47 Å². The molecule has 0 saturated carbocycles. The van der Waals surface area contributed by atoms with E-state index >= 15 is 0 Å². The van der Waals surface area contributed by atoms with Crippen molar-refractivity contribution in [2.24, 2.45) is 0 Å². The van der Waals surface area contributed by atoms with Gasteiger partial charge in [-0.1, -0.05) is 0 Å². The van der Waals surface area contributed by atoms with Gasteiger partial charge in [-0.25, -0.2) is 0 Å². The van der Waals surface area contributed by atoms with E-state index in [-0.39, 0.29) is 12.2 Å². The average Bonchev–Trinajstić information content (AvgIpc) is 3.28. The molecule has 0 N–H and O–H groups in total. The minimum absolute atomic E-state index is 0.271. The van der Waals surface area contributed by atoms with Gasteiger partial charge in [-0.2, -0.15) is 0 Å². The number of tetrazole rings is 1. The van der Waals surface area contributed by atoms with Crippen molar-refractivity contribution in [3.63, 3.8) is 0 Å². The van der Waals surface area contributed by atoms with Crippen molar-refractivity contribution in [3.05, 3.63) is 12.1 Å². The van der Waals surface area contributed by atoms with Gasteiger partial charge in [-0.05, 0) is 48.2 Å². The first-order valence-electron chi connectivity index (χ1n) is 7.92. The van der Waals surface area contributed by atoms with Crippen LogP contribution in [0, 0.1) is 0 Å². The predicted octanol–water partition coefficient (Wildman–Crippen LogP) is 0.684. The third-order valence-electron chi connectivity index (χ3n) is 4.28. The SMILES string of the molecule is c1cc2nnnn2nc1N(C[C@@H]1CCCO1)C[C@@H]1CCCO1. The second-order valence-corrected chi connectivity index (χ2v) is 5.89. The molecule has 8 heteroatoms. The summed E-state index contributed by atoms with van der Waals surface area (Å²) in [7, 11) is 0. The molecule has 2 saturated heterocycles. The van der Waals surface area contributed by atoms with Crippen LogP contribution in [0.15, 0.2) is 12.1 Å². The van der Waals surface area contributed by atoms with Crippen molar-refractivity contribution in [2.45, 2.75) is 37.9 Å². The molecule has 0 amide bonds. The highest BCUT2D eigenvalue weighted by atomic mass is 16.5. The summed E-state index contributed by atoms with van der Waals surface area (Å²) < 4.78 is 13.0. The fourth-order valence-corrected chi connectivity index (χ4v) is 3.14. The molecule has 118 valence electrons. The van der Waals surface area contributed by atoms with Gasteiger partial charge in [-0.15, -0.1) is 14.8 Å². The summed E-state index contributed by atoms with van der Waals surface area (Å²) in [6.07, 6.45) is 5.03. The van der Waals surface area contributed by atoms with E-state index in [0.717, 1.165) is 57.8 Å². The topological polar surface area (TPSA) is 77.7 Å². The maximum atomic E-state index is 5.78. The highest BCUT2D eigenvalue weighted by Gasteiger charge is 2.25. The standard InChI is InChI=1S/C14H20N6O2/c1-3-11(21-7-1)9-19(10-12-4-2-8-22-12)14-6-5-13-15-17-18-20(13)16-14/h5-6,11-12H,1-4,7-10H2/t11-,12-/m0/s1. The van der Waals surface area contributed by atoms with Crippen molar-refractivity contribution < 1.29 is 9.47 Å².